The summed E-state index contributed by atoms with van der Waals surface area (Å²) in [5.41, 5.74) is 0.0238. The molecular formula is C19H22N2O6S. The second-order valence-electron chi connectivity index (χ2n) is 6.43. The minimum absolute atomic E-state index is 0.0146. The molecule has 2 aromatic rings. The quantitative estimate of drug-likeness (QED) is 0.619. The van der Waals surface area contributed by atoms with Crippen LogP contribution in [0.1, 0.15) is 34.6 Å². The Labute approximate surface area is 163 Å². The average Bonchev–Trinajstić information content (AvgIpc) is 2.65. The number of benzene rings is 2. The van der Waals surface area contributed by atoms with Crippen LogP contribution in [0.3, 0.4) is 0 Å². The van der Waals surface area contributed by atoms with Gasteiger partial charge in [-0.15, -0.1) is 0 Å². The van der Waals surface area contributed by atoms with E-state index in [1.165, 1.54) is 31.4 Å². The van der Waals surface area contributed by atoms with E-state index in [0.717, 1.165) is 6.07 Å². The van der Waals surface area contributed by atoms with Crippen molar-refractivity contribution in [2.45, 2.75) is 18.7 Å². The maximum absolute atomic E-state index is 12.9. The molecule has 0 aliphatic carbocycles. The number of ether oxygens (including phenoxy) is 1. The molecule has 3 N–H and O–H groups in total. The van der Waals surface area contributed by atoms with Crippen molar-refractivity contribution in [3.8, 4) is 5.75 Å². The van der Waals surface area contributed by atoms with Crippen molar-refractivity contribution < 1.29 is 27.9 Å². The van der Waals surface area contributed by atoms with E-state index in [1.807, 2.05) is 13.8 Å². The number of nitrogens with one attached hydrogen (secondary N) is 2. The van der Waals surface area contributed by atoms with Crippen LogP contribution < -0.4 is 14.8 Å². The first-order valence-corrected chi connectivity index (χ1v) is 9.95. The van der Waals surface area contributed by atoms with Crippen molar-refractivity contribution in [2.75, 3.05) is 18.4 Å². The molecule has 28 heavy (non-hydrogen) atoms. The third-order valence-electron chi connectivity index (χ3n) is 3.79. The van der Waals surface area contributed by atoms with Crippen molar-refractivity contribution in [3.05, 3.63) is 53.6 Å². The van der Waals surface area contributed by atoms with Gasteiger partial charge in [0.25, 0.3) is 15.9 Å². The molecule has 0 unspecified atom stereocenters. The SMILES string of the molecule is COc1ccc(C(=O)O)cc1S(=O)(=O)Nc1ccccc1C(=O)NCC(C)C. The molecule has 0 spiro atoms. The summed E-state index contributed by atoms with van der Waals surface area (Å²) >= 11 is 0. The molecule has 9 heteroatoms. The molecule has 0 atom stereocenters. The van der Waals surface area contributed by atoms with Crippen molar-refractivity contribution in [3.63, 3.8) is 0 Å². The zero-order valence-electron chi connectivity index (χ0n) is 15.7. The van der Waals surface area contributed by atoms with Crippen LogP contribution >= 0.6 is 0 Å². The van der Waals surface area contributed by atoms with E-state index in [-0.39, 0.29) is 33.4 Å². The number of hydrogen-bond donors (Lipinski definition) is 3. The second kappa shape index (κ2) is 8.75. The number of carbonyl (C=O) groups is 2. The molecule has 150 valence electrons. The second-order valence-corrected chi connectivity index (χ2v) is 8.08. The standard InChI is InChI=1S/C19H22N2O6S/c1-12(2)11-20-18(22)14-6-4-5-7-15(14)21-28(25,26)17-10-13(19(23)24)8-9-16(17)27-3/h4-10,12,21H,11H2,1-3H3,(H,20,22)(H,23,24). The molecule has 0 radical (unpaired) electrons. The zero-order chi connectivity index (χ0) is 20.9. The first-order chi connectivity index (χ1) is 13.2. The van der Waals surface area contributed by atoms with E-state index < -0.39 is 21.9 Å². The summed E-state index contributed by atoms with van der Waals surface area (Å²) in [6.45, 7) is 4.32. The van der Waals surface area contributed by atoms with E-state index in [1.54, 1.807) is 12.1 Å². The lowest BCUT2D eigenvalue weighted by Crippen LogP contribution is -2.28. The molecule has 1 amide bonds. The van der Waals surface area contributed by atoms with Crippen molar-refractivity contribution >= 4 is 27.6 Å². The Kier molecular flexibility index (Phi) is 6.63. The zero-order valence-corrected chi connectivity index (χ0v) is 16.5. The number of aromatic carboxylic acids is 1. The number of carboxylic acid groups (broad SMARTS) is 1. The van der Waals surface area contributed by atoms with Gasteiger partial charge in [-0.05, 0) is 36.2 Å². The van der Waals surface area contributed by atoms with Gasteiger partial charge in [-0.25, -0.2) is 13.2 Å². The third-order valence-corrected chi connectivity index (χ3v) is 5.17. The Balaban J connectivity index is 2.42. The lowest BCUT2D eigenvalue weighted by Gasteiger charge is -2.15. The highest BCUT2D eigenvalue weighted by Crippen LogP contribution is 2.28. The van der Waals surface area contributed by atoms with Gasteiger partial charge in [0.15, 0.2) is 0 Å². The van der Waals surface area contributed by atoms with Gasteiger partial charge in [-0.2, -0.15) is 0 Å². The van der Waals surface area contributed by atoms with Crippen LogP contribution in [0.5, 0.6) is 5.75 Å². The monoisotopic (exact) mass is 406 g/mol. The van der Waals surface area contributed by atoms with Crippen LogP contribution in [0.25, 0.3) is 0 Å². The average molecular weight is 406 g/mol. The molecule has 0 aromatic heterocycles. The number of para-hydroxylation sites is 1. The van der Waals surface area contributed by atoms with E-state index in [9.17, 15) is 18.0 Å². The summed E-state index contributed by atoms with van der Waals surface area (Å²) < 4.78 is 33.2. The fourth-order valence-corrected chi connectivity index (χ4v) is 3.66. The summed E-state index contributed by atoms with van der Waals surface area (Å²) in [4.78, 5) is 23.3. The Morgan fingerprint density at radius 1 is 1.14 bits per heavy atom. The smallest absolute Gasteiger partial charge is 0.335 e. The van der Waals surface area contributed by atoms with Gasteiger partial charge in [0.05, 0.1) is 23.9 Å². The molecule has 0 bridgehead atoms. The molecule has 0 aliphatic rings. The Morgan fingerprint density at radius 2 is 1.82 bits per heavy atom. The van der Waals surface area contributed by atoms with Crippen LogP contribution in [0.4, 0.5) is 5.69 Å². The minimum atomic E-state index is -4.22. The van der Waals surface area contributed by atoms with Gasteiger partial charge >= 0.3 is 5.97 Å². The van der Waals surface area contributed by atoms with Crippen LogP contribution in [0.15, 0.2) is 47.4 Å². The number of carbonyl (C=O) groups excluding carboxylic acids is 1. The van der Waals surface area contributed by atoms with E-state index in [4.69, 9.17) is 9.84 Å². The molecule has 0 heterocycles. The molecule has 0 saturated carbocycles. The molecular weight excluding hydrogens is 384 g/mol. The maximum Gasteiger partial charge on any atom is 0.335 e. The normalized spacial score (nSPS) is 11.1. The largest absolute Gasteiger partial charge is 0.495 e. The Hall–Kier alpha value is -3.07. The van der Waals surface area contributed by atoms with Gasteiger partial charge in [-0.3, -0.25) is 9.52 Å². The van der Waals surface area contributed by atoms with Crippen LogP contribution in [-0.2, 0) is 10.0 Å². The lowest BCUT2D eigenvalue weighted by molar-refractivity contribution is 0.0696. The number of sulfonamides is 1. The van der Waals surface area contributed by atoms with Gasteiger partial charge in [-0.1, -0.05) is 26.0 Å². The van der Waals surface area contributed by atoms with Gasteiger partial charge in [0, 0.05) is 6.54 Å². The van der Waals surface area contributed by atoms with Gasteiger partial charge in [0.1, 0.15) is 10.6 Å². The summed E-state index contributed by atoms with van der Waals surface area (Å²) in [7, 11) is -2.94. The highest BCUT2D eigenvalue weighted by molar-refractivity contribution is 7.92. The number of rotatable bonds is 8. The highest BCUT2D eigenvalue weighted by atomic mass is 32.2. The molecule has 2 aromatic carbocycles. The number of hydrogen-bond acceptors (Lipinski definition) is 5. The van der Waals surface area contributed by atoms with Crippen LogP contribution in [0.2, 0.25) is 0 Å². The summed E-state index contributed by atoms with van der Waals surface area (Å²) in [6, 6.07) is 9.67. The number of amides is 1. The van der Waals surface area contributed by atoms with Crippen LogP contribution in [-0.4, -0.2) is 39.1 Å². The molecule has 8 nitrogen and oxygen atoms in total. The summed E-state index contributed by atoms with van der Waals surface area (Å²) in [6.07, 6.45) is 0. The van der Waals surface area contributed by atoms with E-state index >= 15 is 0 Å². The molecule has 0 saturated heterocycles. The fraction of sp³-hybridized carbons (Fsp3) is 0.263. The number of methoxy groups -OCH3 is 1. The minimum Gasteiger partial charge on any atom is -0.495 e. The molecule has 0 fully saturated rings. The first kappa shape index (κ1) is 21.2. The lowest BCUT2D eigenvalue weighted by atomic mass is 10.1. The Morgan fingerprint density at radius 3 is 2.43 bits per heavy atom. The molecule has 0 aliphatic heterocycles. The topological polar surface area (TPSA) is 122 Å². The predicted molar refractivity (Wildman–Crippen MR) is 104 cm³/mol. The highest BCUT2D eigenvalue weighted by Gasteiger charge is 2.24. The van der Waals surface area contributed by atoms with Crippen molar-refractivity contribution in [1.82, 2.24) is 5.32 Å². The van der Waals surface area contributed by atoms with E-state index in [2.05, 4.69) is 10.0 Å². The predicted octanol–water partition coefficient (Wildman–Crippen LogP) is 2.58. The molecule has 2 rings (SSSR count). The van der Waals surface area contributed by atoms with Gasteiger partial charge < -0.3 is 15.2 Å². The Bertz CT molecular complexity index is 986. The van der Waals surface area contributed by atoms with Crippen LogP contribution in [0, 0.1) is 5.92 Å². The van der Waals surface area contributed by atoms with E-state index in [0.29, 0.717) is 6.54 Å². The third kappa shape index (κ3) is 5.01. The fourth-order valence-electron chi connectivity index (χ4n) is 2.38. The maximum atomic E-state index is 12.9. The number of anilines is 1. The van der Waals surface area contributed by atoms with Crippen molar-refractivity contribution in [1.29, 1.82) is 0 Å². The summed E-state index contributed by atoms with van der Waals surface area (Å²) in [5.74, 6) is -1.47. The number of carboxylic acids is 1. The van der Waals surface area contributed by atoms with Crippen molar-refractivity contribution in [2.24, 2.45) is 5.92 Å². The van der Waals surface area contributed by atoms with Gasteiger partial charge in [0.2, 0.25) is 0 Å². The first-order valence-electron chi connectivity index (χ1n) is 8.47. The summed E-state index contributed by atoms with van der Waals surface area (Å²) in [5, 5.41) is 11.9.